The summed E-state index contributed by atoms with van der Waals surface area (Å²) in [5.74, 6) is -1.82. The minimum Gasteiger partial charge on any atom is -0.270 e. The first-order chi connectivity index (χ1) is 10.9. The summed E-state index contributed by atoms with van der Waals surface area (Å²) in [5.41, 5.74) is -0.0568. The zero-order chi connectivity index (χ0) is 16.7. The van der Waals surface area contributed by atoms with Crippen LogP contribution in [0.1, 0.15) is 26.3 Å². The molecule has 0 aliphatic carbocycles. The van der Waals surface area contributed by atoms with Crippen LogP contribution in [0.3, 0.4) is 0 Å². The number of imide groups is 1. The van der Waals surface area contributed by atoms with E-state index in [-0.39, 0.29) is 28.9 Å². The first kappa shape index (κ1) is 15.3. The molecule has 0 N–H and O–H groups in total. The fraction of sp³-hybridized carbons (Fsp3) is 0.0667. The molecule has 0 aromatic heterocycles. The second-order valence-corrected chi connectivity index (χ2v) is 5.83. The molecule has 116 valence electrons. The molecule has 0 saturated carbocycles. The zero-order valence-electron chi connectivity index (χ0n) is 11.5. The lowest BCUT2D eigenvalue weighted by Crippen LogP contribution is -2.29. The van der Waals surface area contributed by atoms with Gasteiger partial charge in [0.05, 0.1) is 22.6 Å². The molecule has 2 aromatic carbocycles. The molecule has 23 heavy (non-hydrogen) atoms. The maximum atomic E-state index is 13.9. The van der Waals surface area contributed by atoms with Gasteiger partial charge in [-0.3, -0.25) is 24.6 Å². The fourth-order valence-corrected chi connectivity index (χ4v) is 2.69. The minimum atomic E-state index is -0.670. The standard InChI is InChI=1S/C15H8BrFN2O4/c16-9-2-1-8(13(17)5-9)7-18-14(20)11-4-3-10(19(22)23)6-12(11)15(18)21/h1-6H,7H2. The molecule has 0 radical (unpaired) electrons. The van der Waals surface area contributed by atoms with Gasteiger partial charge in [0, 0.05) is 22.2 Å². The Labute approximate surface area is 137 Å². The van der Waals surface area contributed by atoms with Gasteiger partial charge in [-0.1, -0.05) is 22.0 Å². The number of nitrogens with zero attached hydrogens (tertiary/aromatic N) is 2. The molecule has 2 amide bonds. The first-order valence-corrected chi connectivity index (χ1v) is 7.26. The highest BCUT2D eigenvalue weighted by molar-refractivity contribution is 9.10. The van der Waals surface area contributed by atoms with Crippen molar-refractivity contribution in [2.45, 2.75) is 6.54 Å². The van der Waals surface area contributed by atoms with Gasteiger partial charge in [-0.05, 0) is 18.2 Å². The van der Waals surface area contributed by atoms with E-state index >= 15 is 0 Å². The molecule has 2 aromatic rings. The smallest absolute Gasteiger partial charge is 0.270 e. The molecular weight excluding hydrogens is 371 g/mol. The molecule has 1 aliphatic heterocycles. The number of hydrogen-bond acceptors (Lipinski definition) is 4. The van der Waals surface area contributed by atoms with Crippen LogP contribution in [0.25, 0.3) is 0 Å². The van der Waals surface area contributed by atoms with Crippen molar-refractivity contribution >= 4 is 33.4 Å². The van der Waals surface area contributed by atoms with Crippen molar-refractivity contribution in [3.05, 3.63) is 73.5 Å². The van der Waals surface area contributed by atoms with Crippen LogP contribution in [0.4, 0.5) is 10.1 Å². The number of nitro benzene ring substituents is 1. The van der Waals surface area contributed by atoms with E-state index < -0.39 is 22.6 Å². The Kier molecular flexibility index (Phi) is 3.69. The van der Waals surface area contributed by atoms with Crippen molar-refractivity contribution < 1.29 is 18.9 Å². The Bertz CT molecular complexity index is 869. The third-order valence-corrected chi connectivity index (χ3v) is 4.00. The molecule has 8 heteroatoms. The van der Waals surface area contributed by atoms with E-state index in [1.807, 2.05) is 0 Å². The Morgan fingerprint density at radius 1 is 1.09 bits per heavy atom. The second-order valence-electron chi connectivity index (χ2n) is 4.92. The van der Waals surface area contributed by atoms with Gasteiger partial charge in [-0.2, -0.15) is 0 Å². The summed E-state index contributed by atoms with van der Waals surface area (Å²) < 4.78 is 14.4. The quantitative estimate of drug-likeness (QED) is 0.466. The molecule has 0 spiro atoms. The molecule has 3 rings (SSSR count). The monoisotopic (exact) mass is 378 g/mol. The van der Waals surface area contributed by atoms with Crippen LogP contribution in [0.2, 0.25) is 0 Å². The summed E-state index contributed by atoms with van der Waals surface area (Å²) in [5, 5.41) is 10.8. The van der Waals surface area contributed by atoms with Crippen molar-refractivity contribution in [2.75, 3.05) is 0 Å². The fourth-order valence-electron chi connectivity index (χ4n) is 2.36. The van der Waals surface area contributed by atoms with Gasteiger partial charge in [0.15, 0.2) is 0 Å². The van der Waals surface area contributed by atoms with Gasteiger partial charge in [-0.25, -0.2) is 4.39 Å². The summed E-state index contributed by atoms with van der Waals surface area (Å²) in [7, 11) is 0. The number of carbonyl (C=O) groups excluding carboxylic acids is 2. The third kappa shape index (κ3) is 2.61. The van der Waals surface area contributed by atoms with Gasteiger partial charge in [0.25, 0.3) is 17.5 Å². The maximum absolute atomic E-state index is 13.9. The lowest BCUT2D eigenvalue weighted by molar-refractivity contribution is -0.384. The number of carbonyl (C=O) groups is 2. The average Bonchev–Trinajstić information content (AvgIpc) is 2.74. The highest BCUT2D eigenvalue weighted by atomic mass is 79.9. The molecule has 0 saturated heterocycles. The molecule has 6 nitrogen and oxygen atoms in total. The van der Waals surface area contributed by atoms with Crippen molar-refractivity contribution in [2.24, 2.45) is 0 Å². The SMILES string of the molecule is O=C1c2ccc([N+](=O)[O-])cc2C(=O)N1Cc1ccc(Br)cc1F. The van der Waals surface area contributed by atoms with Crippen LogP contribution in [0.15, 0.2) is 40.9 Å². The van der Waals surface area contributed by atoms with E-state index in [1.165, 1.54) is 18.2 Å². The zero-order valence-corrected chi connectivity index (χ0v) is 13.0. The van der Waals surface area contributed by atoms with Gasteiger partial charge in [0.1, 0.15) is 5.82 Å². The molecule has 0 bridgehead atoms. The number of hydrogen-bond donors (Lipinski definition) is 0. The Hall–Kier alpha value is -2.61. The van der Waals surface area contributed by atoms with Crippen molar-refractivity contribution in [1.82, 2.24) is 4.90 Å². The molecule has 0 fully saturated rings. The van der Waals surface area contributed by atoms with Gasteiger partial charge >= 0.3 is 0 Å². The van der Waals surface area contributed by atoms with E-state index in [0.717, 1.165) is 17.0 Å². The number of amides is 2. The topological polar surface area (TPSA) is 80.5 Å². The summed E-state index contributed by atoms with van der Waals surface area (Å²) >= 11 is 3.13. The highest BCUT2D eigenvalue weighted by Gasteiger charge is 2.37. The lowest BCUT2D eigenvalue weighted by atomic mass is 10.1. The first-order valence-electron chi connectivity index (χ1n) is 6.47. The van der Waals surface area contributed by atoms with E-state index in [9.17, 15) is 24.1 Å². The molecular formula is C15H8BrFN2O4. The van der Waals surface area contributed by atoms with Crippen LogP contribution in [-0.4, -0.2) is 21.6 Å². The molecule has 0 atom stereocenters. The van der Waals surface area contributed by atoms with Crippen molar-refractivity contribution in [1.29, 1.82) is 0 Å². The summed E-state index contributed by atoms with van der Waals surface area (Å²) in [4.78, 5) is 35.6. The largest absolute Gasteiger partial charge is 0.270 e. The minimum absolute atomic E-state index is 0.0401. The van der Waals surface area contributed by atoms with Gasteiger partial charge < -0.3 is 0 Å². The number of non-ortho nitro benzene ring substituents is 1. The van der Waals surface area contributed by atoms with E-state index in [1.54, 1.807) is 6.07 Å². The predicted molar refractivity (Wildman–Crippen MR) is 81.4 cm³/mol. The third-order valence-electron chi connectivity index (χ3n) is 3.51. The van der Waals surface area contributed by atoms with E-state index in [0.29, 0.717) is 4.47 Å². The van der Waals surface area contributed by atoms with E-state index in [2.05, 4.69) is 15.9 Å². The average molecular weight is 379 g/mol. The maximum Gasteiger partial charge on any atom is 0.270 e. The Morgan fingerprint density at radius 3 is 2.43 bits per heavy atom. The summed E-state index contributed by atoms with van der Waals surface area (Å²) in [6.45, 7) is -0.237. The number of fused-ring (bicyclic) bond motifs is 1. The van der Waals surface area contributed by atoms with Crippen LogP contribution < -0.4 is 0 Å². The van der Waals surface area contributed by atoms with Crippen molar-refractivity contribution in [3.8, 4) is 0 Å². The lowest BCUT2D eigenvalue weighted by Gasteiger charge is -2.14. The Morgan fingerprint density at radius 2 is 1.78 bits per heavy atom. The molecule has 1 heterocycles. The molecule has 0 unspecified atom stereocenters. The second kappa shape index (κ2) is 5.54. The van der Waals surface area contributed by atoms with Crippen LogP contribution in [0.5, 0.6) is 0 Å². The van der Waals surface area contributed by atoms with Crippen LogP contribution in [-0.2, 0) is 6.54 Å². The number of rotatable bonds is 3. The van der Waals surface area contributed by atoms with Gasteiger partial charge in [0.2, 0.25) is 0 Å². The number of halogens is 2. The van der Waals surface area contributed by atoms with Crippen LogP contribution >= 0.6 is 15.9 Å². The predicted octanol–water partition coefficient (Wildman–Crippen LogP) is 3.29. The number of nitro groups is 1. The summed E-state index contributed by atoms with van der Waals surface area (Å²) in [6.07, 6.45) is 0. The van der Waals surface area contributed by atoms with Gasteiger partial charge in [-0.15, -0.1) is 0 Å². The Balaban J connectivity index is 1.95. The molecule has 1 aliphatic rings. The summed E-state index contributed by atoms with van der Waals surface area (Å²) in [6, 6.07) is 7.76. The van der Waals surface area contributed by atoms with Crippen molar-refractivity contribution in [3.63, 3.8) is 0 Å². The number of benzene rings is 2. The normalized spacial score (nSPS) is 13.4. The van der Waals surface area contributed by atoms with Crippen LogP contribution in [0, 0.1) is 15.9 Å². The highest BCUT2D eigenvalue weighted by Crippen LogP contribution is 2.28. The van der Waals surface area contributed by atoms with E-state index in [4.69, 9.17) is 0 Å².